The highest BCUT2D eigenvalue weighted by Gasteiger charge is 2.24. The Balaban J connectivity index is 2.56. The number of likely N-dealkylation sites (N-methyl/N-ethyl adjacent to an activating group) is 2. The smallest absolute Gasteiger partial charge is 0.0482 e. The SMILES string of the molecule is C=C([C@@H](CC)N(C)C)N(C)C1CCN(C)CC1. The van der Waals surface area contributed by atoms with E-state index in [1.807, 2.05) is 0 Å². The summed E-state index contributed by atoms with van der Waals surface area (Å²) in [6.45, 7) is 8.97. The van der Waals surface area contributed by atoms with E-state index in [0.29, 0.717) is 12.1 Å². The summed E-state index contributed by atoms with van der Waals surface area (Å²) < 4.78 is 0. The van der Waals surface area contributed by atoms with E-state index in [1.54, 1.807) is 0 Å². The third-order valence-corrected chi connectivity index (χ3v) is 4.08. The molecule has 1 aliphatic rings. The van der Waals surface area contributed by atoms with Gasteiger partial charge in [-0.1, -0.05) is 13.5 Å². The highest BCUT2D eigenvalue weighted by Crippen LogP contribution is 2.21. The van der Waals surface area contributed by atoms with Crippen molar-refractivity contribution in [1.82, 2.24) is 14.7 Å². The molecule has 1 aliphatic heterocycles. The second kappa shape index (κ2) is 6.41. The van der Waals surface area contributed by atoms with Crippen molar-refractivity contribution in [3.63, 3.8) is 0 Å². The van der Waals surface area contributed by atoms with Gasteiger partial charge in [0.25, 0.3) is 0 Å². The van der Waals surface area contributed by atoms with Crippen LogP contribution in [0.5, 0.6) is 0 Å². The third-order valence-electron chi connectivity index (χ3n) is 4.08. The summed E-state index contributed by atoms with van der Waals surface area (Å²) in [5.74, 6) is 0. The zero-order chi connectivity index (χ0) is 13.0. The van der Waals surface area contributed by atoms with Crippen LogP contribution in [0, 0.1) is 0 Å². The molecule has 0 aromatic heterocycles. The first-order valence-electron chi connectivity index (χ1n) is 6.74. The normalized spacial score (nSPS) is 20.6. The average Bonchev–Trinajstić information content (AvgIpc) is 2.29. The molecule has 17 heavy (non-hydrogen) atoms. The van der Waals surface area contributed by atoms with Crippen LogP contribution in [0.25, 0.3) is 0 Å². The largest absolute Gasteiger partial charge is 0.374 e. The molecule has 0 bridgehead atoms. The highest BCUT2D eigenvalue weighted by molar-refractivity contribution is 5.05. The Morgan fingerprint density at radius 3 is 2.24 bits per heavy atom. The lowest BCUT2D eigenvalue weighted by Gasteiger charge is -2.40. The molecule has 1 heterocycles. The Bertz CT molecular complexity index is 242. The Morgan fingerprint density at radius 2 is 1.82 bits per heavy atom. The molecule has 0 N–H and O–H groups in total. The zero-order valence-electron chi connectivity index (χ0n) is 12.2. The average molecular weight is 239 g/mol. The maximum atomic E-state index is 4.31. The van der Waals surface area contributed by atoms with E-state index in [0.717, 1.165) is 6.42 Å². The van der Waals surface area contributed by atoms with Gasteiger partial charge in [-0.25, -0.2) is 0 Å². The standard InChI is InChI=1S/C14H29N3/c1-7-14(15(3)4)12(2)17(6)13-8-10-16(5)11-9-13/h13-14H,2,7-11H2,1,3-6H3/t14-/m1/s1. The van der Waals surface area contributed by atoms with Crippen LogP contribution in [0.15, 0.2) is 12.3 Å². The van der Waals surface area contributed by atoms with Gasteiger partial charge in [-0.05, 0) is 53.5 Å². The van der Waals surface area contributed by atoms with Gasteiger partial charge in [-0.3, -0.25) is 0 Å². The van der Waals surface area contributed by atoms with Crippen molar-refractivity contribution in [1.29, 1.82) is 0 Å². The minimum absolute atomic E-state index is 0.472. The predicted octanol–water partition coefficient (Wildman–Crippen LogP) is 1.87. The fourth-order valence-corrected chi connectivity index (χ4v) is 2.75. The monoisotopic (exact) mass is 239 g/mol. The topological polar surface area (TPSA) is 9.72 Å². The van der Waals surface area contributed by atoms with E-state index < -0.39 is 0 Å². The molecule has 0 aromatic rings. The van der Waals surface area contributed by atoms with Crippen LogP contribution in [0.2, 0.25) is 0 Å². The van der Waals surface area contributed by atoms with Crippen LogP contribution in [-0.4, -0.2) is 68.1 Å². The molecule has 1 atom stereocenters. The molecular weight excluding hydrogens is 210 g/mol. The minimum atomic E-state index is 0.472. The molecule has 3 nitrogen and oxygen atoms in total. The first-order valence-corrected chi connectivity index (χ1v) is 6.74. The Hall–Kier alpha value is -0.540. The van der Waals surface area contributed by atoms with E-state index >= 15 is 0 Å². The highest BCUT2D eigenvalue weighted by atomic mass is 15.2. The van der Waals surface area contributed by atoms with Gasteiger partial charge in [-0.15, -0.1) is 0 Å². The molecular formula is C14H29N3. The van der Waals surface area contributed by atoms with Crippen LogP contribution < -0.4 is 0 Å². The van der Waals surface area contributed by atoms with Crippen LogP contribution in [-0.2, 0) is 0 Å². The lowest BCUT2D eigenvalue weighted by Crippen LogP contribution is -2.45. The maximum absolute atomic E-state index is 4.31. The predicted molar refractivity (Wildman–Crippen MR) is 75.2 cm³/mol. The third kappa shape index (κ3) is 3.71. The summed E-state index contributed by atoms with van der Waals surface area (Å²) in [6, 6.07) is 1.15. The van der Waals surface area contributed by atoms with Crippen molar-refractivity contribution in [3.8, 4) is 0 Å². The Kier molecular flexibility index (Phi) is 5.47. The lowest BCUT2D eigenvalue weighted by molar-refractivity contribution is 0.150. The van der Waals surface area contributed by atoms with E-state index in [9.17, 15) is 0 Å². The quantitative estimate of drug-likeness (QED) is 0.725. The number of likely N-dealkylation sites (tertiary alicyclic amines) is 1. The van der Waals surface area contributed by atoms with E-state index in [1.165, 1.54) is 31.6 Å². The lowest BCUT2D eigenvalue weighted by atomic mass is 10.0. The molecule has 1 fully saturated rings. The summed E-state index contributed by atoms with van der Waals surface area (Å²) in [5, 5.41) is 0. The van der Waals surface area contributed by atoms with E-state index in [4.69, 9.17) is 0 Å². The molecule has 0 amide bonds. The van der Waals surface area contributed by atoms with Crippen LogP contribution in [0.1, 0.15) is 26.2 Å². The molecule has 100 valence electrons. The number of hydrogen-bond acceptors (Lipinski definition) is 3. The summed E-state index contributed by atoms with van der Waals surface area (Å²) in [4.78, 5) is 7.10. The molecule has 0 unspecified atom stereocenters. The van der Waals surface area contributed by atoms with Crippen molar-refractivity contribution in [3.05, 3.63) is 12.3 Å². The maximum Gasteiger partial charge on any atom is 0.0482 e. The number of nitrogens with zero attached hydrogens (tertiary/aromatic N) is 3. The Morgan fingerprint density at radius 1 is 1.29 bits per heavy atom. The van der Waals surface area contributed by atoms with Gasteiger partial charge in [0.1, 0.15) is 0 Å². The van der Waals surface area contributed by atoms with Gasteiger partial charge in [0.2, 0.25) is 0 Å². The van der Waals surface area contributed by atoms with Crippen LogP contribution >= 0.6 is 0 Å². The van der Waals surface area contributed by atoms with Gasteiger partial charge < -0.3 is 14.7 Å². The first-order chi connectivity index (χ1) is 7.97. The molecule has 0 aliphatic carbocycles. The van der Waals surface area contributed by atoms with Crippen molar-refractivity contribution >= 4 is 0 Å². The molecule has 1 saturated heterocycles. The molecule has 1 rings (SSSR count). The molecule has 3 heteroatoms. The molecule has 0 saturated carbocycles. The Labute approximate surface area is 107 Å². The first kappa shape index (κ1) is 14.5. The minimum Gasteiger partial charge on any atom is -0.374 e. The molecule has 0 aromatic carbocycles. The fourth-order valence-electron chi connectivity index (χ4n) is 2.75. The van der Waals surface area contributed by atoms with Crippen molar-refractivity contribution in [2.75, 3.05) is 41.3 Å². The number of piperidine rings is 1. The van der Waals surface area contributed by atoms with Crippen LogP contribution in [0.4, 0.5) is 0 Å². The number of rotatable bonds is 5. The second-order valence-electron chi connectivity index (χ2n) is 5.52. The van der Waals surface area contributed by atoms with Crippen LogP contribution in [0.3, 0.4) is 0 Å². The van der Waals surface area contributed by atoms with Gasteiger partial charge in [-0.2, -0.15) is 0 Å². The van der Waals surface area contributed by atoms with Gasteiger partial charge >= 0.3 is 0 Å². The van der Waals surface area contributed by atoms with Crippen molar-refractivity contribution in [2.45, 2.75) is 38.3 Å². The summed E-state index contributed by atoms with van der Waals surface area (Å²) >= 11 is 0. The van der Waals surface area contributed by atoms with Crippen molar-refractivity contribution in [2.24, 2.45) is 0 Å². The molecule has 0 radical (unpaired) electrons. The summed E-state index contributed by atoms with van der Waals surface area (Å²) in [6.07, 6.45) is 3.65. The van der Waals surface area contributed by atoms with E-state index in [-0.39, 0.29) is 0 Å². The zero-order valence-corrected chi connectivity index (χ0v) is 12.2. The summed E-state index contributed by atoms with van der Waals surface area (Å²) in [5.41, 5.74) is 1.27. The summed E-state index contributed by atoms with van der Waals surface area (Å²) in [7, 11) is 8.70. The van der Waals surface area contributed by atoms with Gasteiger partial charge in [0, 0.05) is 24.8 Å². The molecule has 0 spiro atoms. The van der Waals surface area contributed by atoms with Gasteiger partial charge in [0.15, 0.2) is 0 Å². The van der Waals surface area contributed by atoms with Gasteiger partial charge in [0.05, 0.1) is 0 Å². The fraction of sp³-hybridized carbons (Fsp3) is 0.857. The second-order valence-corrected chi connectivity index (χ2v) is 5.52. The number of hydrogen-bond donors (Lipinski definition) is 0. The van der Waals surface area contributed by atoms with Crippen molar-refractivity contribution < 1.29 is 0 Å². The van der Waals surface area contributed by atoms with E-state index in [2.05, 4.69) is 56.4 Å².